The Morgan fingerprint density at radius 1 is 1.30 bits per heavy atom. The molecule has 0 atom stereocenters. The molecule has 1 N–H and O–H groups in total. The lowest BCUT2D eigenvalue weighted by atomic mass is 10.2. The van der Waals surface area contributed by atoms with Gasteiger partial charge in [0.25, 0.3) is 0 Å². The van der Waals surface area contributed by atoms with Crippen LogP contribution in [0.1, 0.15) is 12.0 Å². The molecular formula is C19H19ClFN5O. The standard InChI is InChI=1S/C19H19ClFN5O/c20-15-4-5-16(21)17(11-15)24-18(27)13-25-7-2-8-26(10-9-25)19-14(12-22)3-1-6-23-19/h1,3-6,11H,2,7-10,13H2,(H,24,27). The highest BCUT2D eigenvalue weighted by Crippen LogP contribution is 2.20. The number of carbonyl (C=O) groups excluding carboxylic acids is 1. The van der Waals surface area contributed by atoms with Crippen molar-refractivity contribution >= 4 is 29.0 Å². The van der Waals surface area contributed by atoms with Gasteiger partial charge in [0.1, 0.15) is 17.7 Å². The van der Waals surface area contributed by atoms with E-state index in [1.165, 1.54) is 18.2 Å². The minimum absolute atomic E-state index is 0.0797. The molecule has 1 amide bonds. The highest BCUT2D eigenvalue weighted by molar-refractivity contribution is 6.30. The number of carbonyl (C=O) groups is 1. The first-order chi connectivity index (χ1) is 13.1. The van der Waals surface area contributed by atoms with Gasteiger partial charge in [0.2, 0.25) is 5.91 Å². The molecule has 1 saturated heterocycles. The van der Waals surface area contributed by atoms with Gasteiger partial charge in [0, 0.05) is 37.4 Å². The van der Waals surface area contributed by atoms with Crippen LogP contribution in [-0.4, -0.2) is 48.5 Å². The van der Waals surface area contributed by atoms with Crippen molar-refractivity contribution < 1.29 is 9.18 Å². The molecule has 6 nitrogen and oxygen atoms in total. The van der Waals surface area contributed by atoms with E-state index in [0.717, 1.165) is 19.5 Å². The van der Waals surface area contributed by atoms with Gasteiger partial charge in [-0.05, 0) is 36.8 Å². The van der Waals surface area contributed by atoms with Crippen LogP contribution in [0, 0.1) is 17.1 Å². The molecule has 1 aliphatic heterocycles. The summed E-state index contributed by atoms with van der Waals surface area (Å²) in [6.07, 6.45) is 2.51. The number of nitriles is 1. The number of hydrogen-bond acceptors (Lipinski definition) is 5. The van der Waals surface area contributed by atoms with Crippen molar-refractivity contribution in [2.75, 3.05) is 42.9 Å². The van der Waals surface area contributed by atoms with Crippen LogP contribution in [0.2, 0.25) is 5.02 Å². The van der Waals surface area contributed by atoms with Gasteiger partial charge in [-0.1, -0.05) is 11.6 Å². The number of nitrogens with zero attached hydrogens (tertiary/aromatic N) is 4. The number of anilines is 2. The average molecular weight is 388 g/mol. The van der Waals surface area contributed by atoms with Gasteiger partial charge in [-0.25, -0.2) is 9.37 Å². The number of halogens is 2. The summed E-state index contributed by atoms with van der Waals surface area (Å²) < 4.78 is 13.8. The molecule has 1 fully saturated rings. The summed E-state index contributed by atoms with van der Waals surface area (Å²) in [6, 6.07) is 9.70. The third-order valence-electron chi connectivity index (χ3n) is 4.36. The SMILES string of the molecule is N#Cc1cccnc1N1CCCN(CC(=O)Nc2cc(Cl)ccc2F)CC1. The maximum absolute atomic E-state index is 13.8. The lowest BCUT2D eigenvalue weighted by Crippen LogP contribution is -2.36. The molecule has 3 rings (SSSR count). The molecule has 0 aliphatic carbocycles. The van der Waals surface area contributed by atoms with Gasteiger partial charge in [-0.15, -0.1) is 0 Å². The first-order valence-corrected chi connectivity index (χ1v) is 9.02. The van der Waals surface area contributed by atoms with Crippen LogP contribution in [0.4, 0.5) is 15.9 Å². The Labute approximate surface area is 162 Å². The zero-order valence-corrected chi connectivity index (χ0v) is 15.4. The van der Waals surface area contributed by atoms with E-state index in [1.807, 2.05) is 4.90 Å². The number of hydrogen-bond donors (Lipinski definition) is 1. The summed E-state index contributed by atoms with van der Waals surface area (Å²) in [6.45, 7) is 2.95. The van der Waals surface area contributed by atoms with Crippen LogP contribution in [0.15, 0.2) is 36.5 Å². The van der Waals surface area contributed by atoms with Crippen LogP contribution >= 0.6 is 11.6 Å². The average Bonchev–Trinajstić information content (AvgIpc) is 2.90. The predicted octanol–water partition coefficient (Wildman–Crippen LogP) is 2.90. The number of pyridine rings is 1. The van der Waals surface area contributed by atoms with E-state index in [1.54, 1.807) is 18.3 Å². The first-order valence-electron chi connectivity index (χ1n) is 8.64. The molecular weight excluding hydrogens is 369 g/mol. The van der Waals surface area contributed by atoms with E-state index < -0.39 is 5.82 Å². The molecule has 0 spiro atoms. The van der Waals surface area contributed by atoms with Crippen molar-refractivity contribution in [1.29, 1.82) is 5.26 Å². The molecule has 27 heavy (non-hydrogen) atoms. The van der Waals surface area contributed by atoms with Gasteiger partial charge in [0.05, 0.1) is 17.8 Å². The zero-order chi connectivity index (χ0) is 19.2. The van der Waals surface area contributed by atoms with E-state index in [9.17, 15) is 14.4 Å². The molecule has 0 radical (unpaired) electrons. The van der Waals surface area contributed by atoms with Crippen molar-refractivity contribution in [3.05, 3.63) is 52.9 Å². The summed E-state index contributed by atoms with van der Waals surface area (Å²) in [5.41, 5.74) is 0.622. The summed E-state index contributed by atoms with van der Waals surface area (Å²) >= 11 is 5.85. The van der Waals surface area contributed by atoms with E-state index in [-0.39, 0.29) is 18.1 Å². The smallest absolute Gasteiger partial charge is 0.238 e. The van der Waals surface area contributed by atoms with Gasteiger partial charge >= 0.3 is 0 Å². The number of benzene rings is 1. The molecule has 1 aliphatic rings. The van der Waals surface area contributed by atoms with Crippen molar-refractivity contribution in [2.45, 2.75) is 6.42 Å². The van der Waals surface area contributed by atoms with E-state index >= 15 is 0 Å². The maximum atomic E-state index is 13.8. The molecule has 2 aromatic rings. The fourth-order valence-corrected chi connectivity index (χ4v) is 3.24. The van der Waals surface area contributed by atoms with Crippen LogP contribution in [0.25, 0.3) is 0 Å². The molecule has 1 aromatic carbocycles. The molecule has 140 valence electrons. The Bertz CT molecular complexity index is 869. The van der Waals surface area contributed by atoms with Crippen molar-refractivity contribution in [2.24, 2.45) is 0 Å². The van der Waals surface area contributed by atoms with E-state index in [0.29, 0.717) is 29.5 Å². The number of nitrogens with one attached hydrogen (secondary N) is 1. The van der Waals surface area contributed by atoms with Crippen molar-refractivity contribution in [3.8, 4) is 6.07 Å². The second-order valence-electron chi connectivity index (χ2n) is 6.28. The number of amides is 1. The van der Waals surface area contributed by atoms with Gasteiger partial charge in [-0.3, -0.25) is 9.69 Å². The number of aromatic nitrogens is 1. The van der Waals surface area contributed by atoms with E-state index in [2.05, 4.69) is 21.3 Å². The second kappa shape index (κ2) is 8.80. The minimum atomic E-state index is -0.519. The highest BCUT2D eigenvalue weighted by Gasteiger charge is 2.20. The molecule has 1 aromatic heterocycles. The largest absolute Gasteiger partial charge is 0.354 e. The summed E-state index contributed by atoms with van der Waals surface area (Å²) in [5.74, 6) is -0.138. The van der Waals surface area contributed by atoms with E-state index in [4.69, 9.17) is 11.6 Å². The van der Waals surface area contributed by atoms with Crippen LogP contribution in [-0.2, 0) is 4.79 Å². The molecule has 0 bridgehead atoms. The maximum Gasteiger partial charge on any atom is 0.238 e. The molecule has 2 heterocycles. The highest BCUT2D eigenvalue weighted by atomic mass is 35.5. The Hall–Kier alpha value is -2.69. The predicted molar refractivity (Wildman–Crippen MR) is 102 cm³/mol. The molecule has 8 heteroatoms. The summed E-state index contributed by atoms with van der Waals surface area (Å²) in [4.78, 5) is 20.7. The zero-order valence-electron chi connectivity index (χ0n) is 14.7. The van der Waals surface area contributed by atoms with Gasteiger partial charge < -0.3 is 10.2 Å². The Morgan fingerprint density at radius 3 is 2.96 bits per heavy atom. The van der Waals surface area contributed by atoms with Crippen LogP contribution < -0.4 is 10.2 Å². The van der Waals surface area contributed by atoms with Crippen LogP contribution in [0.5, 0.6) is 0 Å². The van der Waals surface area contributed by atoms with Crippen molar-refractivity contribution in [3.63, 3.8) is 0 Å². The minimum Gasteiger partial charge on any atom is -0.354 e. The Kier molecular flexibility index (Phi) is 6.22. The van der Waals surface area contributed by atoms with Gasteiger partial charge in [0.15, 0.2) is 0 Å². The second-order valence-corrected chi connectivity index (χ2v) is 6.71. The quantitative estimate of drug-likeness (QED) is 0.873. The fourth-order valence-electron chi connectivity index (χ4n) is 3.06. The monoisotopic (exact) mass is 387 g/mol. The first kappa shape index (κ1) is 19.1. The molecule has 0 saturated carbocycles. The van der Waals surface area contributed by atoms with Gasteiger partial charge in [-0.2, -0.15) is 5.26 Å². The summed E-state index contributed by atoms with van der Waals surface area (Å²) in [7, 11) is 0. The molecule has 0 unspecified atom stereocenters. The lowest BCUT2D eigenvalue weighted by molar-refractivity contribution is -0.117. The Balaban J connectivity index is 1.59. The topological polar surface area (TPSA) is 72.3 Å². The Morgan fingerprint density at radius 2 is 2.15 bits per heavy atom. The van der Waals surface area contributed by atoms with Crippen LogP contribution in [0.3, 0.4) is 0 Å². The third kappa shape index (κ3) is 4.94. The van der Waals surface area contributed by atoms with Crippen molar-refractivity contribution in [1.82, 2.24) is 9.88 Å². The lowest BCUT2D eigenvalue weighted by Gasteiger charge is -2.23. The summed E-state index contributed by atoms with van der Waals surface area (Å²) in [5, 5.41) is 12.2. The normalized spacial score (nSPS) is 15.1. The number of rotatable bonds is 4. The third-order valence-corrected chi connectivity index (χ3v) is 4.60. The fraction of sp³-hybridized carbons (Fsp3) is 0.316.